The molecule has 120 valence electrons. The van der Waals surface area contributed by atoms with Gasteiger partial charge in [0, 0.05) is 12.5 Å². The highest BCUT2D eigenvalue weighted by Gasteiger charge is 2.33. The molecule has 1 fully saturated rings. The summed E-state index contributed by atoms with van der Waals surface area (Å²) < 4.78 is 43.7. The molecule has 0 saturated carbocycles. The molecular formula is C14H18BrClF3NO. The van der Waals surface area contributed by atoms with E-state index in [9.17, 15) is 13.2 Å². The van der Waals surface area contributed by atoms with Crippen molar-refractivity contribution in [3.8, 4) is 5.75 Å². The third-order valence-electron chi connectivity index (χ3n) is 3.32. The Morgan fingerprint density at radius 1 is 1.29 bits per heavy atom. The summed E-state index contributed by atoms with van der Waals surface area (Å²) in [6.07, 6.45) is -2.41. The van der Waals surface area contributed by atoms with Crippen LogP contribution in [0.4, 0.5) is 13.2 Å². The number of benzene rings is 1. The second kappa shape index (κ2) is 8.25. The fraction of sp³-hybridized carbons (Fsp3) is 0.571. The quantitative estimate of drug-likeness (QED) is 0.752. The molecule has 1 atom stereocenters. The number of rotatable bonds is 4. The zero-order valence-corrected chi connectivity index (χ0v) is 13.8. The lowest BCUT2D eigenvalue weighted by molar-refractivity contribution is -0.149. The number of alkyl halides is 3. The summed E-state index contributed by atoms with van der Waals surface area (Å²) in [7, 11) is 0. The largest absolute Gasteiger partial charge is 0.492 e. The predicted octanol–water partition coefficient (Wildman–Crippen LogP) is 4.52. The minimum Gasteiger partial charge on any atom is -0.492 e. The van der Waals surface area contributed by atoms with Crippen LogP contribution in [0.1, 0.15) is 12.8 Å². The van der Waals surface area contributed by atoms with Crippen molar-refractivity contribution in [2.75, 3.05) is 26.2 Å². The maximum Gasteiger partial charge on any atom is 0.401 e. The number of likely N-dealkylation sites (tertiary alicyclic amines) is 1. The van der Waals surface area contributed by atoms with E-state index in [1.54, 1.807) is 0 Å². The smallest absolute Gasteiger partial charge is 0.401 e. The van der Waals surface area contributed by atoms with Gasteiger partial charge in [-0.05, 0) is 47.4 Å². The molecule has 0 aromatic heterocycles. The van der Waals surface area contributed by atoms with E-state index in [4.69, 9.17) is 4.74 Å². The van der Waals surface area contributed by atoms with Crippen molar-refractivity contribution < 1.29 is 17.9 Å². The summed E-state index contributed by atoms with van der Waals surface area (Å²) >= 11 is 3.39. The van der Waals surface area contributed by atoms with Gasteiger partial charge >= 0.3 is 6.18 Å². The molecule has 0 amide bonds. The zero-order chi connectivity index (χ0) is 14.6. The second-order valence-electron chi connectivity index (χ2n) is 5.10. The van der Waals surface area contributed by atoms with Crippen molar-refractivity contribution in [1.29, 1.82) is 0 Å². The van der Waals surface area contributed by atoms with E-state index in [0.717, 1.165) is 23.1 Å². The van der Waals surface area contributed by atoms with Crippen LogP contribution in [0.5, 0.6) is 5.75 Å². The van der Waals surface area contributed by atoms with Crippen LogP contribution in [0.15, 0.2) is 28.7 Å². The average Bonchev–Trinajstić information content (AvgIpc) is 2.36. The van der Waals surface area contributed by atoms with Crippen molar-refractivity contribution in [1.82, 2.24) is 4.90 Å². The molecule has 0 aliphatic carbocycles. The first kappa shape index (κ1) is 18.6. The SMILES string of the molecule is Cl.FC(F)(F)CN1CCCC(COc2ccccc2Br)C1. The minimum atomic E-state index is -4.12. The number of halogens is 5. The number of para-hydroxylation sites is 1. The summed E-state index contributed by atoms with van der Waals surface area (Å²) in [5.41, 5.74) is 0. The first-order valence-corrected chi connectivity index (χ1v) is 7.40. The standard InChI is InChI=1S/C14H17BrF3NO.ClH/c15-12-5-1-2-6-13(12)20-9-11-4-3-7-19(8-11)10-14(16,17)18;/h1-2,5-6,11H,3-4,7-10H2;1H. The fourth-order valence-corrected chi connectivity index (χ4v) is 2.85. The third-order valence-corrected chi connectivity index (χ3v) is 3.97. The van der Waals surface area contributed by atoms with Gasteiger partial charge in [0.1, 0.15) is 5.75 Å². The van der Waals surface area contributed by atoms with Gasteiger partial charge in [-0.1, -0.05) is 12.1 Å². The van der Waals surface area contributed by atoms with Gasteiger partial charge in [-0.3, -0.25) is 4.90 Å². The first-order chi connectivity index (χ1) is 9.44. The zero-order valence-electron chi connectivity index (χ0n) is 11.4. The van der Waals surface area contributed by atoms with Gasteiger partial charge in [0.25, 0.3) is 0 Å². The summed E-state index contributed by atoms with van der Waals surface area (Å²) in [4.78, 5) is 1.47. The highest BCUT2D eigenvalue weighted by molar-refractivity contribution is 9.10. The molecule has 7 heteroatoms. The number of hydrogen-bond acceptors (Lipinski definition) is 2. The topological polar surface area (TPSA) is 12.5 Å². The molecule has 2 nitrogen and oxygen atoms in total. The molecule has 1 aliphatic heterocycles. The molecule has 0 bridgehead atoms. The summed E-state index contributed by atoms with van der Waals surface area (Å²) in [6.45, 7) is 0.602. The van der Waals surface area contributed by atoms with E-state index < -0.39 is 12.7 Å². The van der Waals surface area contributed by atoms with Crippen LogP contribution in [-0.4, -0.2) is 37.3 Å². The number of hydrogen-bond donors (Lipinski definition) is 0. The van der Waals surface area contributed by atoms with E-state index >= 15 is 0 Å². The summed E-state index contributed by atoms with van der Waals surface area (Å²) in [6, 6.07) is 7.49. The molecule has 0 radical (unpaired) electrons. The highest BCUT2D eigenvalue weighted by Crippen LogP contribution is 2.26. The van der Waals surface area contributed by atoms with Crippen molar-refractivity contribution in [2.24, 2.45) is 5.92 Å². The molecule has 1 unspecified atom stereocenters. The molecule has 1 heterocycles. The van der Waals surface area contributed by atoms with E-state index in [1.165, 1.54) is 4.90 Å². The van der Waals surface area contributed by atoms with Gasteiger partial charge in [-0.15, -0.1) is 12.4 Å². The Kier molecular flexibility index (Phi) is 7.30. The van der Waals surface area contributed by atoms with Crippen LogP contribution < -0.4 is 4.74 Å². The lowest BCUT2D eigenvalue weighted by atomic mass is 9.99. The van der Waals surface area contributed by atoms with E-state index in [-0.39, 0.29) is 18.3 Å². The first-order valence-electron chi connectivity index (χ1n) is 6.60. The van der Waals surface area contributed by atoms with Gasteiger partial charge in [0.05, 0.1) is 17.6 Å². The molecule has 1 aromatic carbocycles. The highest BCUT2D eigenvalue weighted by atomic mass is 79.9. The van der Waals surface area contributed by atoms with Crippen LogP contribution in [0.3, 0.4) is 0 Å². The van der Waals surface area contributed by atoms with Crippen molar-refractivity contribution in [3.05, 3.63) is 28.7 Å². The molecule has 1 aliphatic rings. The lowest BCUT2D eigenvalue weighted by Crippen LogP contribution is -2.42. The van der Waals surface area contributed by atoms with Gasteiger partial charge in [-0.25, -0.2) is 0 Å². The van der Waals surface area contributed by atoms with Crippen LogP contribution in [0.25, 0.3) is 0 Å². The fourth-order valence-electron chi connectivity index (χ4n) is 2.45. The molecule has 1 aromatic rings. The van der Waals surface area contributed by atoms with Gasteiger partial charge < -0.3 is 4.74 Å². The maximum atomic E-state index is 12.4. The van der Waals surface area contributed by atoms with E-state index in [0.29, 0.717) is 19.7 Å². The normalized spacial score (nSPS) is 19.9. The third kappa shape index (κ3) is 6.45. The molecule has 2 rings (SSSR count). The average molecular weight is 389 g/mol. The Hall–Kier alpha value is -0.460. The number of ether oxygens (including phenoxy) is 1. The molecule has 21 heavy (non-hydrogen) atoms. The number of piperidine rings is 1. The van der Waals surface area contributed by atoms with Crippen molar-refractivity contribution in [3.63, 3.8) is 0 Å². The molecule has 0 spiro atoms. The summed E-state index contributed by atoms with van der Waals surface area (Å²) in [5, 5.41) is 0. The molecule has 0 N–H and O–H groups in total. The van der Waals surface area contributed by atoms with Crippen molar-refractivity contribution >= 4 is 28.3 Å². The number of nitrogens with zero attached hydrogens (tertiary/aromatic N) is 1. The Morgan fingerprint density at radius 3 is 2.67 bits per heavy atom. The summed E-state index contributed by atoms with van der Waals surface area (Å²) in [5.74, 6) is 0.888. The molecule has 1 saturated heterocycles. The van der Waals surface area contributed by atoms with Crippen LogP contribution in [0, 0.1) is 5.92 Å². The van der Waals surface area contributed by atoms with Gasteiger partial charge in [-0.2, -0.15) is 13.2 Å². The van der Waals surface area contributed by atoms with Gasteiger partial charge in [0.15, 0.2) is 0 Å². The Balaban J connectivity index is 0.00000220. The Bertz CT molecular complexity index is 444. The second-order valence-corrected chi connectivity index (χ2v) is 5.95. The minimum absolute atomic E-state index is 0. The Labute approximate surface area is 137 Å². The van der Waals surface area contributed by atoms with E-state index in [1.807, 2.05) is 24.3 Å². The maximum absolute atomic E-state index is 12.4. The van der Waals surface area contributed by atoms with Crippen LogP contribution in [-0.2, 0) is 0 Å². The Morgan fingerprint density at radius 2 is 2.00 bits per heavy atom. The molecular weight excluding hydrogens is 371 g/mol. The van der Waals surface area contributed by atoms with Crippen LogP contribution in [0.2, 0.25) is 0 Å². The monoisotopic (exact) mass is 387 g/mol. The van der Waals surface area contributed by atoms with Crippen LogP contribution >= 0.6 is 28.3 Å². The van der Waals surface area contributed by atoms with Crippen molar-refractivity contribution in [2.45, 2.75) is 19.0 Å². The lowest BCUT2D eigenvalue weighted by Gasteiger charge is -2.33. The predicted molar refractivity (Wildman–Crippen MR) is 82.1 cm³/mol. The van der Waals surface area contributed by atoms with Gasteiger partial charge in [0.2, 0.25) is 0 Å². The van der Waals surface area contributed by atoms with E-state index in [2.05, 4.69) is 15.9 Å².